The van der Waals surface area contributed by atoms with Gasteiger partial charge in [0.05, 0.1) is 19.1 Å². The largest absolute Gasteiger partial charge is 0.497 e. The van der Waals surface area contributed by atoms with E-state index in [1.54, 1.807) is 50.4 Å². The lowest BCUT2D eigenvalue weighted by atomic mass is 10.1. The molecule has 0 aliphatic heterocycles. The molecule has 0 aliphatic carbocycles. The molecule has 1 atom stereocenters. The number of Topliss-reactive ketones (excluding diaryl/α,β-unsaturated/α-hetero) is 1. The van der Waals surface area contributed by atoms with E-state index in [0.717, 1.165) is 22.5 Å². The molecule has 9 nitrogen and oxygen atoms in total. The van der Waals surface area contributed by atoms with Crippen molar-refractivity contribution in [3.63, 3.8) is 0 Å². The first-order valence-electron chi connectivity index (χ1n) is 11.8. The number of nitrogens with zero attached hydrogens (tertiary/aromatic N) is 2. The van der Waals surface area contributed by atoms with Crippen LogP contribution in [-0.2, 0) is 26.2 Å². The van der Waals surface area contributed by atoms with Gasteiger partial charge >= 0.3 is 0 Å². The lowest BCUT2D eigenvalue weighted by Crippen LogP contribution is -2.52. The number of nitrogens with one attached hydrogen (secondary N) is 1. The van der Waals surface area contributed by atoms with Crippen molar-refractivity contribution in [2.45, 2.75) is 46.2 Å². The van der Waals surface area contributed by atoms with Crippen molar-refractivity contribution < 1.29 is 27.5 Å². The van der Waals surface area contributed by atoms with Gasteiger partial charge in [-0.05, 0) is 49.6 Å². The Kier molecular flexibility index (Phi) is 10.5. The first kappa shape index (κ1) is 28.8. The van der Waals surface area contributed by atoms with Crippen LogP contribution in [0.3, 0.4) is 0 Å². The van der Waals surface area contributed by atoms with Crippen molar-refractivity contribution >= 4 is 33.3 Å². The smallest absolute Gasteiger partial charge is 0.244 e. The molecule has 2 amide bonds. The molecule has 0 fully saturated rings. The van der Waals surface area contributed by atoms with E-state index in [9.17, 15) is 22.8 Å². The SMILES string of the molecule is CCCNC(=O)[C@@H](CC)N(Cc1ccc(OC)cc1)C(=O)CN(c1cccc(C(C)=O)c1)S(C)(=O)=O. The molecule has 0 spiro atoms. The number of methoxy groups -OCH3 is 1. The Morgan fingerprint density at radius 3 is 2.25 bits per heavy atom. The van der Waals surface area contributed by atoms with Crippen LogP contribution >= 0.6 is 0 Å². The quantitative estimate of drug-likeness (QED) is 0.409. The van der Waals surface area contributed by atoms with Crippen molar-refractivity contribution in [1.29, 1.82) is 0 Å². The van der Waals surface area contributed by atoms with Gasteiger partial charge in [0, 0.05) is 18.7 Å². The molecule has 0 unspecified atom stereocenters. The number of sulfonamides is 1. The van der Waals surface area contributed by atoms with Gasteiger partial charge in [-0.3, -0.25) is 18.7 Å². The van der Waals surface area contributed by atoms with E-state index in [0.29, 0.717) is 24.3 Å². The molecule has 0 bridgehead atoms. The second kappa shape index (κ2) is 13.1. The molecule has 0 saturated carbocycles. The molecule has 196 valence electrons. The first-order chi connectivity index (χ1) is 17.0. The highest BCUT2D eigenvalue weighted by molar-refractivity contribution is 7.92. The number of anilines is 1. The highest BCUT2D eigenvalue weighted by atomic mass is 32.2. The third kappa shape index (κ3) is 7.81. The van der Waals surface area contributed by atoms with E-state index in [4.69, 9.17) is 4.74 Å². The number of amides is 2. The first-order valence-corrected chi connectivity index (χ1v) is 13.6. The number of carbonyl (C=O) groups excluding carboxylic acids is 3. The van der Waals surface area contributed by atoms with Crippen LogP contribution in [0.1, 0.15) is 49.5 Å². The highest BCUT2D eigenvalue weighted by Gasteiger charge is 2.31. The third-order valence-corrected chi connectivity index (χ3v) is 6.81. The monoisotopic (exact) mass is 517 g/mol. The second-order valence-corrected chi connectivity index (χ2v) is 10.4. The Labute approximate surface area is 213 Å². The molecular formula is C26H35N3O6S. The lowest BCUT2D eigenvalue weighted by molar-refractivity contribution is -0.140. The normalized spacial score (nSPS) is 11.9. The number of carbonyl (C=O) groups is 3. The van der Waals surface area contributed by atoms with E-state index in [-0.39, 0.29) is 23.9 Å². The van der Waals surface area contributed by atoms with Crippen LogP contribution in [-0.4, -0.2) is 63.4 Å². The van der Waals surface area contributed by atoms with Crippen LogP contribution in [0.15, 0.2) is 48.5 Å². The summed E-state index contributed by atoms with van der Waals surface area (Å²) in [7, 11) is -2.33. The topological polar surface area (TPSA) is 113 Å². The van der Waals surface area contributed by atoms with Crippen LogP contribution < -0.4 is 14.4 Å². The van der Waals surface area contributed by atoms with E-state index < -0.39 is 28.5 Å². The maximum Gasteiger partial charge on any atom is 0.244 e. The molecule has 0 saturated heterocycles. The summed E-state index contributed by atoms with van der Waals surface area (Å²) >= 11 is 0. The summed E-state index contributed by atoms with van der Waals surface area (Å²) in [4.78, 5) is 39.8. The molecule has 0 aliphatic rings. The van der Waals surface area contributed by atoms with Gasteiger partial charge in [0.2, 0.25) is 21.8 Å². The van der Waals surface area contributed by atoms with E-state index in [2.05, 4.69) is 5.32 Å². The summed E-state index contributed by atoms with van der Waals surface area (Å²) in [6, 6.07) is 12.4. The predicted molar refractivity (Wildman–Crippen MR) is 140 cm³/mol. The number of ketones is 1. The summed E-state index contributed by atoms with van der Waals surface area (Å²) < 4.78 is 31.5. The number of hydrogen-bond donors (Lipinski definition) is 1. The van der Waals surface area contributed by atoms with Gasteiger partial charge in [-0.15, -0.1) is 0 Å². The third-order valence-electron chi connectivity index (χ3n) is 5.67. The van der Waals surface area contributed by atoms with Crippen LogP contribution in [0, 0.1) is 0 Å². The zero-order valence-electron chi connectivity index (χ0n) is 21.5. The fraction of sp³-hybridized carbons (Fsp3) is 0.423. The van der Waals surface area contributed by atoms with Crippen molar-refractivity contribution in [1.82, 2.24) is 10.2 Å². The molecule has 10 heteroatoms. The second-order valence-electron chi connectivity index (χ2n) is 8.46. The minimum atomic E-state index is -3.88. The molecule has 36 heavy (non-hydrogen) atoms. The lowest BCUT2D eigenvalue weighted by Gasteiger charge is -2.33. The van der Waals surface area contributed by atoms with Gasteiger partial charge in [-0.2, -0.15) is 0 Å². The molecule has 2 aromatic rings. The number of benzene rings is 2. The summed E-state index contributed by atoms with van der Waals surface area (Å²) in [6.45, 7) is 5.16. The molecule has 1 N–H and O–H groups in total. The van der Waals surface area contributed by atoms with E-state index in [1.807, 2.05) is 6.92 Å². The van der Waals surface area contributed by atoms with Gasteiger partial charge in [-0.1, -0.05) is 38.1 Å². The van der Waals surface area contributed by atoms with E-state index in [1.165, 1.54) is 24.0 Å². The standard InChI is InChI=1S/C26H35N3O6S/c1-6-15-27-26(32)24(7-2)28(17-20-11-13-23(35-4)14-12-20)25(31)18-29(36(5,33)34)22-10-8-9-21(16-22)19(3)30/h8-14,16,24H,6-7,15,17-18H2,1-5H3,(H,27,32)/t24-/m1/s1. The minimum Gasteiger partial charge on any atom is -0.497 e. The van der Waals surface area contributed by atoms with Crippen LogP contribution in [0.4, 0.5) is 5.69 Å². The van der Waals surface area contributed by atoms with Crippen LogP contribution in [0.25, 0.3) is 0 Å². The van der Waals surface area contributed by atoms with Gasteiger partial charge in [0.25, 0.3) is 0 Å². The maximum atomic E-state index is 13.6. The Morgan fingerprint density at radius 1 is 1.06 bits per heavy atom. The Bertz CT molecular complexity index is 1160. The number of rotatable bonds is 13. The summed E-state index contributed by atoms with van der Waals surface area (Å²) in [5.41, 5.74) is 1.29. The highest BCUT2D eigenvalue weighted by Crippen LogP contribution is 2.22. The van der Waals surface area contributed by atoms with Crippen LogP contribution in [0.2, 0.25) is 0 Å². The van der Waals surface area contributed by atoms with Crippen LogP contribution in [0.5, 0.6) is 5.75 Å². The Hall–Kier alpha value is -3.40. The molecular weight excluding hydrogens is 482 g/mol. The van der Waals surface area contributed by atoms with Gasteiger partial charge in [0.1, 0.15) is 18.3 Å². The summed E-state index contributed by atoms with van der Waals surface area (Å²) in [6.07, 6.45) is 2.08. The Balaban J connectivity index is 2.45. The molecule has 2 aromatic carbocycles. The fourth-order valence-corrected chi connectivity index (χ4v) is 4.55. The fourth-order valence-electron chi connectivity index (χ4n) is 3.71. The molecule has 0 radical (unpaired) electrons. The van der Waals surface area contributed by atoms with Crippen molar-refractivity contribution in [3.8, 4) is 5.75 Å². The zero-order chi connectivity index (χ0) is 26.9. The predicted octanol–water partition coefficient (Wildman–Crippen LogP) is 3.00. The maximum absolute atomic E-state index is 13.6. The zero-order valence-corrected chi connectivity index (χ0v) is 22.3. The van der Waals surface area contributed by atoms with Crippen molar-refractivity contribution in [3.05, 3.63) is 59.7 Å². The summed E-state index contributed by atoms with van der Waals surface area (Å²) in [5, 5.41) is 2.84. The molecule has 0 aromatic heterocycles. The van der Waals surface area contributed by atoms with Crippen molar-refractivity contribution in [2.75, 3.05) is 30.8 Å². The van der Waals surface area contributed by atoms with Gasteiger partial charge in [0.15, 0.2) is 5.78 Å². The average Bonchev–Trinajstić information content (AvgIpc) is 2.85. The Morgan fingerprint density at radius 2 is 1.72 bits per heavy atom. The summed E-state index contributed by atoms with van der Waals surface area (Å²) in [5.74, 6) is -0.414. The van der Waals surface area contributed by atoms with E-state index >= 15 is 0 Å². The molecule has 0 heterocycles. The molecule has 2 rings (SSSR count). The number of ether oxygens (including phenoxy) is 1. The van der Waals surface area contributed by atoms with Gasteiger partial charge < -0.3 is 15.0 Å². The average molecular weight is 518 g/mol. The minimum absolute atomic E-state index is 0.103. The van der Waals surface area contributed by atoms with Crippen molar-refractivity contribution in [2.24, 2.45) is 0 Å². The number of hydrogen-bond acceptors (Lipinski definition) is 6. The van der Waals surface area contributed by atoms with Gasteiger partial charge in [-0.25, -0.2) is 8.42 Å².